The average Bonchev–Trinajstić information content (AvgIpc) is 3.00. The van der Waals surface area contributed by atoms with Crippen LogP contribution in [0.1, 0.15) is 17.5 Å². The van der Waals surface area contributed by atoms with Gasteiger partial charge >= 0.3 is 0 Å². The van der Waals surface area contributed by atoms with E-state index in [-0.39, 0.29) is 18.2 Å². The van der Waals surface area contributed by atoms with Gasteiger partial charge in [0, 0.05) is 15.9 Å². The maximum absolute atomic E-state index is 12.6. The van der Waals surface area contributed by atoms with Gasteiger partial charge in [0.1, 0.15) is 5.54 Å². The standard InChI is InChI=1S/C17H13BrN2O2S/c18-12-7-5-11(6-8-12)10-20-17(9-15(21)19-16(17)22)13-3-1-2-4-14(13)23-20/h1-8H,9-10H2,(H,19,21,22). The third kappa shape index (κ3) is 2.33. The molecule has 2 amide bonds. The Morgan fingerprint density at radius 1 is 1.13 bits per heavy atom. The second kappa shape index (κ2) is 5.47. The Balaban J connectivity index is 1.76. The van der Waals surface area contributed by atoms with Gasteiger partial charge in [-0.1, -0.05) is 46.3 Å². The van der Waals surface area contributed by atoms with Gasteiger partial charge < -0.3 is 0 Å². The van der Waals surface area contributed by atoms with Crippen molar-refractivity contribution in [3.8, 4) is 0 Å². The summed E-state index contributed by atoms with van der Waals surface area (Å²) in [5.41, 5.74) is 1.12. The number of hydrogen-bond donors (Lipinski definition) is 1. The van der Waals surface area contributed by atoms with Gasteiger partial charge in [0.25, 0.3) is 5.91 Å². The second-order valence-electron chi connectivity index (χ2n) is 5.66. The number of benzene rings is 2. The summed E-state index contributed by atoms with van der Waals surface area (Å²) in [5.74, 6) is -0.440. The van der Waals surface area contributed by atoms with Gasteiger partial charge in [-0.15, -0.1) is 0 Å². The van der Waals surface area contributed by atoms with Crippen LogP contribution in [0.15, 0.2) is 57.9 Å². The number of fused-ring (bicyclic) bond motifs is 2. The highest BCUT2D eigenvalue weighted by Crippen LogP contribution is 2.52. The van der Waals surface area contributed by atoms with Crippen LogP contribution < -0.4 is 5.32 Å². The summed E-state index contributed by atoms with van der Waals surface area (Å²) in [4.78, 5) is 25.6. The molecule has 4 rings (SSSR count). The first-order valence-electron chi connectivity index (χ1n) is 7.23. The number of amides is 2. The van der Waals surface area contributed by atoms with Gasteiger partial charge in [0.2, 0.25) is 5.91 Å². The van der Waals surface area contributed by atoms with E-state index in [9.17, 15) is 9.59 Å². The molecular formula is C17H13BrN2O2S. The normalized spacial score (nSPS) is 23.3. The van der Waals surface area contributed by atoms with Crippen molar-refractivity contribution in [2.75, 3.05) is 0 Å². The number of rotatable bonds is 2. The van der Waals surface area contributed by atoms with Crippen molar-refractivity contribution in [3.63, 3.8) is 0 Å². The minimum absolute atomic E-state index is 0.173. The largest absolute Gasteiger partial charge is 0.294 e. The summed E-state index contributed by atoms with van der Waals surface area (Å²) in [6.45, 7) is 0.591. The lowest BCUT2D eigenvalue weighted by Gasteiger charge is -2.31. The minimum Gasteiger partial charge on any atom is -0.294 e. The van der Waals surface area contributed by atoms with E-state index in [1.165, 1.54) is 0 Å². The molecule has 1 spiro atoms. The van der Waals surface area contributed by atoms with E-state index in [0.717, 1.165) is 20.5 Å². The van der Waals surface area contributed by atoms with Crippen molar-refractivity contribution in [1.82, 2.24) is 9.62 Å². The molecule has 6 heteroatoms. The van der Waals surface area contributed by atoms with Crippen molar-refractivity contribution < 1.29 is 9.59 Å². The maximum atomic E-state index is 12.6. The molecule has 1 saturated heterocycles. The molecule has 0 aliphatic carbocycles. The fraction of sp³-hybridized carbons (Fsp3) is 0.176. The smallest absolute Gasteiger partial charge is 0.253 e. The number of carbonyl (C=O) groups is 2. The number of imide groups is 1. The van der Waals surface area contributed by atoms with Crippen LogP contribution in [0.4, 0.5) is 0 Å². The van der Waals surface area contributed by atoms with Crippen LogP contribution in [0.5, 0.6) is 0 Å². The molecular weight excluding hydrogens is 376 g/mol. The number of hydrogen-bond acceptors (Lipinski definition) is 4. The van der Waals surface area contributed by atoms with Crippen molar-refractivity contribution in [1.29, 1.82) is 0 Å². The van der Waals surface area contributed by atoms with Gasteiger partial charge in [-0.2, -0.15) is 0 Å². The predicted octanol–water partition coefficient (Wildman–Crippen LogP) is 3.21. The Bertz CT molecular complexity index is 808. The van der Waals surface area contributed by atoms with Crippen LogP contribution in [0.2, 0.25) is 0 Å². The molecule has 1 fully saturated rings. The number of nitrogens with one attached hydrogen (secondary N) is 1. The fourth-order valence-electron chi connectivity index (χ4n) is 3.15. The molecule has 0 radical (unpaired) electrons. The van der Waals surface area contributed by atoms with E-state index in [1.54, 1.807) is 11.9 Å². The Labute approximate surface area is 146 Å². The quantitative estimate of drug-likeness (QED) is 0.633. The van der Waals surface area contributed by atoms with Crippen molar-refractivity contribution >= 4 is 39.7 Å². The first kappa shape index (κ1) is 14.9. The lowest BCUT2D eigenvalue weighted by atomic mass is 9.88. The topological polar surface area (TPSA) is 49.4 Å². The molecule has 2 aromatic rings. The second-order valence-corrected chi connectivity index (χ2v) is 7.64. The van der Waals surface area contributed by atoms with Gasteiger partial charge in [0.05, 0.1) is 6.42 Å². The molecule has 4 nitrogen and oxygen atoms in total. The predicted molar refractivity (Wildman–Crippen MR) is 91.4 cm³/mol. The summed E-state index contributed by atoms with van der Waals surface area (Å²) < 4.78 is 3.04. The lowest BCUT2D eigenvalue weighted by Crippen LogP contribution is -2.44. The molecule has 0 aromatic heterocycles. The van der Waals surface area contributed by atoms with Gasteiger partial charge in [0.15, 0.2) is 0 Å². The fourth-order valence-corrected chi connectivity index (χ4v) is 4.74. The Hall–Kier alpha value is -1.63. The van der Waals surface area contributed by atoms with E-state index >= 15 is 0 Å². The van der Waals surface area contributed by atoms with E-state index < -0.39 is 5.54 Å². The molecule has 116 valence electrons. The van der Waals surface area contributed by atoms with Crippen LogP contribution >= 0.6 is 27.9 Å². The summed E-state index contributed by atoms with van der Waals surface area (Å²) in [5, 5.41) is 2.47. The third-order valence-corrected chi connectivity index (χ3v) is 5.99. The lowest BCUT2D eigenvalue weighted by molar-refractivity contribution is -0.128. The summed E-state index contributed by atoms with van der Waals surface area (Å²) in [6.07, 6.45) is 0.173. The molecule has 2 aliphatic rings. The molecule has 1 atom stereocenters. The Morgan fingerprint density at radius 2 is 1.87 bits per heavy atom. The zero-order valence-electron chi connectivity index (χ0n) is 12.1. The van der Waals surface area contributed by atoms with Gasteiger partial charge in [-0.25, -0.2) is 4.31 Å². The summed E-state index contributed by atoms with van der Waals surface area (Å²) >= 11 is 4.98. The highest BCUT2D eigenvalue weighted by molar-refractivity contribution is 9.10. The highest BCUT2D eigenvalue weighted by atomic mass is 79.9. The van der Waals surface area contributed by atoms with Crippen molar-refractivity contribution in [2.45, 2.75) is 23.4 Å². The number of carbonyl (C=O) groups excluding carboxylic acids is 2. The maximum Gasteiger partial charge on any atom is 0.253 e. The van der Waals surface area contributed by atoms with E-state index in [4.69, 9.17) is 0 Å². The summed E-state index contributed by atoms with van der Waals surface area (Å²) in [6, 6.07) is 15.8. The van der Waals surface area contributed by atoms with Crippen molar-refractivity contribution in [2.24, 2.45) is 0 Å². The average molecular weight is 389 g/mol. The molecule has 1 N–H and O–H groups in total. The zero-order chi connectivity index (χ0) is 16.0. The van der Waals surface area contributed by atoms with Crippen LogP contribution in [-0.2, 0) is 21.7 Å². The number of halogens is 1. The van der Waals surface area contributed by atoms with Crippen LogP contribution in [0.25, 0.3) is 0 Å². The Morgan fingerprint density at radius 3 is 2.57 bits per heavy atom. The first-order valence-corrected chi connectivity index (χ1v) is 8.80. The molecule has 2 aliphatic heterocycles. The van der Waals surface area contributed by atoms with E-state index in [2.05, 4.69) is 21.2 Å². The van der Waals surface area contributed by atoms with Crippen LogP contribution in [0.3, 0.4) is 0 Å². The van der Waals surface area contributed by atoms with Crippen molar-refractivity contribution in [3.05, 3.63) is 64.1 Å². The molecule has 0 saturated carbocycles. The Kier molecular flexibility index (Phi) is 3.55. The monoisotopic (exact) mass is 388 g/mol. The number of nitrogens with zero attached hydrogens (tertiary/aromatic N) is 1. The molecule has 0 bridgehead atoms. The molecule has 1 unspecified atom stereocenters. The van der Waals surface area contributed by atoms with E-state index in [0.29, 0.717) is 6.54 Å². The third-order valence-electron chi connectivity index (χ3n) is 4.25. The zero-order valence-corrected chi connectivity index (χ0v) is 14.5. The van der Waals surface area contributed by atoms with Gasteiger partial charge in [-0.3, -0.25) is 14.9 Å². The molecule has 2 aromatic carbocycles. The van der Waals surface area contributed by atoms with Crippen LogP contribution in [-0.4, -0.2) is 16.1 Å². The highest BCUT2D eigenvalue weighted by Gasteiger charge is 2.57. The minimum atomic E-state index is -0.897. The van der Waals surface area contributed by atoms with Crippen LogP contribution in [0, 0.1) is 0 Å². The van der Waals surface area contributed by atoms with E-state index in [1.807, 2.05) is 52.8 Å². The SMILES string of the molecule is O=C1CC2(C(=O)N1)c1ccccc1SN2Cc1ccc(Br)cc1. The van der Waals surface area contributed by atoms with Gasteiger partial charge in [-0.05, 0) is 41.3 Å². The molecule has 23 heavy (non-hydrogen) atoms. The first-order chi connectivity index (χ1) is 11.1. The summed E-state index contributed by atoms with van der Waals surface area (Å²) in [7, 11) is 0. The molecule has 2 heterocycles.